The van der Waals surface area contributed by atoms with Crippen LogP contribution in [-0.2, 0) is 4.79 Å². The molecule has 1 aliphatic rings. The lowest BCUT2D eigenvalue weighted by Gasteiger charge is -2.39. The van der Waals surface area contributed by atoms with Gasteiger partial charge < -0.3 is 11.1 Å². The molecule has 3 nitrogen and oxygen atoms in total. The van der Waals surface area contributed by atoms with E-state index in [2.05, 4.69) is 27.9 Å². The summed E-state index contributed by atoms with van der Waals surface area (Å²) >= 11 is 8.03. The molecule has 1 aromatic carbocycles. The van der Waals surface area contributed by atoms with Crippen molar-refractivity contribution in [2.45, 2.75) is 19.3 Å². The number of carbonyl (C=O) groups excluding carboxylic acids is 1. The van der Waals surface area contributed by atoms with Gasteiger partial charge in [-0.05, 0) is 53.6 Å². The van der Waals surface area contributed by atoms with Gasteiger partial charge in [0.1, 0.15) is 0 Å². The molecule has 1 aliphatic carbocycles. The first-order chi connectivity index (χ1) is 8.07. The fourth-order valence-electron chi connectivity index (χ4n) is 1.97. The second kappa shape index (κ2) is 5.12. The summed E-state index contributed by atoms with van der Waals surface area (Å²) in [5, 5.41) is 3.62. The lowest BCUT2D eigenvalue weighted by molar-refractivity contribution is -0.129. The Balaban J connectivity index is 2.13. The average Bonchev–Trinajstić information content (AvgIpc) is 2.21. The van der Waals surface area contributed by atoms with Gasteiger partial charge in [0, 0.05) is 15.1 Å². The molecule has 0 spiro atoms. The van der Waals surface area contributed by atoms with Crippen LogP contribution in [0, 0.1) is 8.99 Å². The van der Waals surface area contributed by atoms with E-state index >= 15 is 0 Å². The number of carbonyl (C=O) groups is 1. The third-order valence-electron chi connectivity index (χ3n) is 3.36. The average molecular weight is 365 g/mol. The van der Waals surface area contributed by atoms with E-state index in [0.717, 1.165) is 28.5 Å². The summed E-state index contributed by atoms with van der Waals surface area (Å²) in [5.74, 6) is 0.0338. The molecule has 0 heterocycles. The van der Waals surface area contributed by atoms with Gasteiger partial charge in [0.05, 0.1) is 11.1 Å². The van der Waals surface area contributed by atoms with Crippen molar-refractivity contribution in [1.82, 2.24) is 0 Å². The lowest BCUT2D eigenvalue weighted by Crippen LogP contribution is -2.47. The largest absolute Gasteiger partial charge is 0.329 e. The Kier molecular flexibility index (Phi) is 3.95. The molecule has 3 N–H and O–H groups in total. The van der Waals surface area contributed by atoms with Crippen LogP contribution in [0.25, 0.3) is 0 Å². The summed E-state index contributed by atoms with van der Waals surface area (Å²) in [5.41, 5.74) is 6.16. The van der Waals surface area contributed by atoms with Crippen LogP contribution in [0.2, 0.25) is 5.02 Å². The molecule has 0 unspecified atom stereocenters. The van der Waals surface area contributed by atoms with Crippen LogP contribution in [0.3, 0.4) is 0 Å². The number of hydrogen-bond acceptors (Lipinski definition) is 2. The fourth-order valence-corrected chi connectivity index (χ4v) is 2.98. The molecule has 92 valence electrons. The SMILES string of the molecule is NCC1(C(=O)Nc2ccc(Cl)cc2I)CCC1. The van der Waals surface area contributed by atoms with Gasteiger partial charge in [-0.15, -0.1) is 0 Å². The van der Waals surface area contributed by atoms with E-state index in [4.69, 9.17) is 17.3 Å². The molecule has 0 atom stereocenters. The third-order valence-corrected chi connectivity index (χ3v) is 4.49. The topological polar surface area (TPSA) is 55.1 Å². The minimum absolute atomic E-state index is 0.0338. The smallest absolute Gasteiger partial charge is 0.231 e. The second-order valence-corrected chi connectivity index (χ2v) is 6.01. The van der Waals surface area contributed by atoms with Crippen LogP contribution in [0.15, 0.2) is 18.2 Å². The van der Waals surface area contributed by atoms with Crippen molar-refractivity contribution in [3.05, 3.63) is 26.8 Å². The Morgan fingerprint density at radius 2 is 2.24 bits per heavy atom. The van der Waals surface area contributed by atoms with E-state index in [0.29, 0.717) is 11.6 Å². The van der Waals surface area contributed by atoms with E-state index in [1.54, 1.807) is 6.07 Å². The molecule has 0 saturated heterocycles. The maximum Gasteiger partial charge on any atom is 0.231 e. The minimum atomic E-state index is -0.345. The Hall–Kier alpha value is -0.330. The molecule has 1 fully saturated rings. The normalized spacial score (nSPS) is 17.4. The zero-order chi connectivity index (χ0) is 12.5. The molecule has 17 heavy (non-hydrogen) atoms. The maximum absolute atomic E-state index is 12.2. The Bertz CT molecular complexity index is 441. The van der Waals surface area contributed by atoms with Crippen molar-refractivity contribution in [1.29, 1.82) is 0 Å². The van der Waals surface area contributed by atoms with Crippen molar-refractivity contribution >= 4 is 45.8 Å². The Morgan fingerprint density at radius 1 is 1.53 bits per heavy atom. The summed E-state index contributed by atoms with van der Waals surface area (Å²) in [7, 11) is 0. The first-order valence-electron chi connectivity index (χ1n) is 5.54. The predicted octanol–water partition coefficient (Wildman–Crippen LogP) is 3.01. The van der Waals surface area contributed by atoms with Gasteiger partial charge in [-0.3, -0.25) is 4.79 Å². The van der Waals surface area contributed by atoms with Gasteiger partial charge in [-0.2, -0.15) is 0 Å². The Labute approximate surface area is 119 Å². The first-order valence-corrected chi connectivity index (χ1v) is 7.00. The number of halogens is 2. The minimum Gasteiger partial charge on any atom is -0.329 e. The first kappa shape index (κ1) is 13.1. The third kappa shape index (κ3) is 2.58. The van der Waals surface area contributed by atoms with Crippen LogP contribution in [0.1, 0.15) is 19.3 Å². The molecule has 0 bridgehead atoms. The molecule has 0 aliphatic heterocycles. The zero-order valence-electron chi connectivity index (χ0n) is 9.30. The van der Waals surface area contributed by atoms with Crippen LogP contribution >= 0.6 is 34.2 Å². The van der Waals surface area contributed by atoms with Gasteiger partial charge in [0.15, 0.2) is 0 Å². The van der Waals surface area contributed by atoms with Crippen LogP contribution in [-0.4, -0.2) is 12.5 Å². The summed E-state index contributed by atoms with van der Waals surface area (Å²) in [6, 6.07) is 5.42. The monoisotopic (exact) mass is 364 g/mol. The molecule has 0 radical (unpaired) electrons. The van der Waals surface area contributed by atoms with Gasteiger partial charge in [0.2, 0.25) is 5.91 Å². The molecule has 0 aromatic heterocycles. The van der Waals surface area contributed by atoms with Gasteiger partial charge in [0.25, 0.3) is 0 Å². The predicted molar refractivity (Wildman–Crippen MR) is 78.1 cm³/mol. The highest BCUT2D eigenvalue weighted by molar-refractivity contribution is 14.1. The van der Waals surface area contributed by atoms with Gasteiger partial charge in [-0.1, -0.05) is 18.0 Å². The van der Waals surface area contributed by atoms with Crippen molar-refractivity contribution in [3.63, 3.8) is 0 Å². The molecular weight excluding hydrogens is 351 g/mol. The summed E-state index contributed by atoms with van der Waals surface area (Å²) in [6.07, 6.45) is 2.86. The second-order valence-electron chi connectivity index (χ2n) is 4.42. The summed E-state index contributed by atoms with van der Waals surface area (Å²) in [4.78, 5) is 12.2. The number of hydrogen-bond donors (Lipinski definition) is 2. The van der Waals surface area contributed by atoms with E-state index < -0.39 is 0 Å². The van der Waals surface area contributed by atoms with Crippen molar-refractivity contribution < 1.29 is 4.79 Å². The highest BCUT2D eigenvalue weighted by Crippen LogP contribution is 2.41. The van der Waals surface area contributed by atoms with Gasteiger partial charge >= 0.3 is 0 Å². The number of benzene rings is 1. The number of rotatable bonds is 3. The molecule has 1 aromatic rings. The Morgan fingerprint density at radius 3 is 2.71 bits per heavy atom. The molecule has 1 amide bonds. The fraction of sp³-hybridized carbons (Fsp3) is 0.417. The maximum atomic E-state index is 12.2. The molecule has 5 heteroatoms. The van der Waals surface area contributed by atoms with Gasteiger partial charge in [-0.25, -0.2) is 0 Å². The summed E-state index contributed by atoms with van der Waals surface area (Å²) < 4.78 is 0.940. The number of nitrogens with one attached hydrogen (secondary N) is 1. The van der Waals surface area contributed by atoms with Crippen LogP contribution < -0.4 is 11.1 Å². The van der Waals surface area contributed by atoms with Crippen molar-refractivity contribution in [3.8, 4) is 0 Å². The standard InChI is InChI=1S/C12H14ClIN2O/c13-8-2-3-10(9(14)6-8)16-11(17)12(7-15)4-1-5-12/h2-3,6H,1,4-5,7,15H2,(H,16,17). The molecule has 2 rings (SSSR count). The summed E-state index contributed by atoms with van der Waals surface area (Å²) in [6.45, 7) is 0.420. The highest BCUT2D eigenvalue weighted by Gasteiger charge is 2.42. The van der Waals surface area contributed by atoms with Crippen molar-refractivity contribution in [2.75, 3.05) is 11.9 Å². The van der Waals surface area contributed by atoms with Crippen LogP contribution in [0.4, 0.5) is 5.69 Å². The van der Waals surface area contributed by atoms with E-state index in [9.17, 15) is 4.79 Å². The number of nitrogens with two attached hydrogens (primary N) is 1. The van der Waals surface area contributed by atoms with E-state index in [1.165, 1.54) is 0 Å². The molecular formula is C12H14ClIN2O. The van der Waals surface area contributed by atoms with E-state index in [-0.39, 0.29) is 11.3 Å². The zero-order valence-corrected chi connectivity index (χ0v) is 12.2. The number of anilines is 1. The highest BCUT2D eigenvalue weighted by atomic mass is 127. The molecule has 1 saturated carbocycles. The quantitative estimate of drug-likeness (QED) is 0.810. The van der Waals surface area contributed by atoms with E-state index in [1.807, 2.05) is 12.1 Å². The van der Waals surface area contributed by atoms with Crippen LogP contribution in [0.5, 0.6) is 0 Å². The number of amides is 1. The van der Waals surface area contributed by atoms with Crippen molar-refractivity contribution in [2.24, 2.45) is 11.1 Å². The lowest BCUT2D eigenvalue weighted by atomic mass is 9.68.